The summed E-state index contributed by atoms with van der Waals surface area (Å²) in [5.41, 5.74) is 6.84. The summed E-state index contributed by atoms with van der Waals surface area (Å²) in [6.07, 6.45) is 0. The van der Waals surface area contributed by atoms with Crippen LogP contribution >= 0.6 is 11.8 Å². The summed E-state index contributed by atoms with van der Waals surface area (Å²) in [6, 6.07) is 4.65. The van der Waals surface area contributed by atoms with Crippen molar-refractivity contribution in [1.29, 1.82) is 0 Å². The molecular formula is C15H23N3O2S. The van der Waals surface area contributed by atoms with Gasteiger partial charge in [-0.2, -0.15) is 0 Å². The number of aryl methyl sites for hydroxylation is 1. The second-order valence-electron chi connectivity index (χ2n) is 5.91. The lowest BCUT2D eigenvalue weighted by molar-refractivity contribution is -0.120. The van der Waals surface area contributed by atoms with Crippen LogP contribution in [0.5, 0.6) is 0 Å². The maximum absolute atomic E-state index is 11.6. The van der Waals surface area contributed by atoms with Crippen molar-refractivity contribution >= 4 is 29.4 Å². The van der Waals surface area contributed by atoms with Crippen molar-refractivity contribution in [2.24, 2.45) is 5.73 Å². The summed E-state index contributed by atoms with van der Waals surface area (Å²) < 4.78 is 0.149. The molecule has 0 bridgehead atoms. The summed E-state index contributed by atoms with van der Waals surface area (Å²) in [6.45, 7) is 10.1. The van der Waals surface area contributed by atoms with Gasteiger partial charge in [-0.15, -0.1) is 11.8 Å². The molecule has 5 nitrogen and oxygen atoms in total. The van der Waals surface area contributed by atoms with Crippen molar-refractivity contribution in [2.75, 3.05) is 5.32 Å². The molecule has 0 saturated carbocycles. The molecule has 0 heterocycles. The Kier molecular flexibility index (Phi) is 5.66. The third-order valence-electron chi connectivity index (χ3n) is 2.63. The van der Waals surface area contributed by atoms with Gasteiger partial charge in [0.2, 0.25) is 5.91 Å². The van der Waals surface area contributed by atoms with E-state index in [-0.39, 0.29) is 4.75 Å². The van der Waals surface area contributed by atoms with Gasteiger partial charge in [0.15, 0.2) is 0 Å². The van der Waals surface area contributed by atoms with E-state index in [0.717, 1.165) is 11.3 Å². The first kappa shape index (κ1) is 17.4. The number of nitrogens with one attached hydrogen (secondary N) is 2. The Bertz CT molecular complexity index is 538. The molecule has 1 aromatic carbocycles. The number of anilines is 1. The van der Waals surface area contributed by atoms with Gasteiger partial charge in [0, 0.05) is 15.3 Å². The number of primary amides is 1. The van der Waals surface area contributed by atoms with Crippen molar-refractivity contribution < 1.29 is 9.59 Å². The summed E-state index contributed by atoms with van der Waals surface area (Å²) >= 11 is 1.79. The Labute approximate surface area is 130 Å². The zero-order chi connectivity index (χ0) is 16.2. The molecule has 4 N–H and O–H groups in total. The van der Waals surface area contributed by atoms with Gasteiger partial charge in [-0.05, 0) is 37.6 Å². The first-order chi connectivity index (χ1) is 9.58. The Morgan fingerprint density at radius 1 is 1.29 bits per heavy atom. The Balaban J connectivity index is 2.77. The number of carbonyl (C=O) groups excluding carboxylic acids is 2. The first-order valence-corrected chi connectivity index (χ1v) is 7.56. The molecule has 3 amide bonds. The highest BCUT2D eigenvalue weighted by Gasteiger charge is 2.16. The molecule has 0 aliphatic carbocycles. The molecular weight excluding hydrogens is 286 g/mol. The predicted octanol–water partition coefficient (Wildman–Crippen LogP) is 2.88. The number of thioether (sulfide) groups is 1. The quantitative estimate of drug-likeness (QED) is 0.747. The Morgan fingerprint density at radius 3 is 2.38 bits per heavy atom. The lowest BCUT2D eigenvalue weighted by Gasteiger charge is -2.20. The summed E-state index contributed by atoms with van der Waals surface area (Å²) in [5.74, 6) is -0.449. The largest absolute Gasteiger partial charge is 0.374 e. The SMILES string of the molecule is Cc1cc(SC(C)(C)C)ccc1N[C@@H](C)C(=O)NC(N)=O. The molecule has 1 aromatic rings. The van der Waals surface area contributed by atoms with Crippen LogP contribution in [0.4, 0.5) is 10.5 Å². The number of hydrogen-bond acceptors (Lipinski definition) is 4. The van der Waals surface area contributed by atoms with Gasteiger partial charge in [-0.3, -0.25) is 10.1 Å². The van der Waals surface area contributed by atoms with E-state index in [2.05, 4.69) is 37.5 Å². The van der Waals surface area contributed by atoms with Gasteiger partial charge in [-0.25, -0.2) is 4.79 Å². The Morgan fingerprint density at radius 2 is 1.90 bits per heavy atom. The summed E-state index contributed by atoms with van der Waals surface area (Å²) in [5, 5.41) is 5.13. The number of amides is 3. The zero-order valence-corrected chi connectivity index (χ0v) is 13.9. The first-order valence-electron chi connectivity index (χ1n) is 6.75. The molecule has 0 saturated heterocycles. The van der Waals surface area contributed by atoms with E-state index < -0.39 is 18.0 Å². The third kappa shape index (κ3) is 6.08. The molecule has 0 aromatic heterocycles. The second-order valence-corrected chi connectivity index (χ2v) is 7.81. The van der Waals surface area contributed by atoms with Gasteiger partial charge in [0.1, 0.15) is 6.04 Å². The number of urea groups is 1. The number of carbonyl (C=O) groups is 2. The molecule has 116 valence electrons. The van der Waals surface area contributed by atoms with Crippen LogP contribution in [0.15, 0.2) is 23.1 Å². The number of nitrogens with two attached hydrogens (primary N) is 1. The van der Waals surface area contributed by atoms with E-state index in [0.29, 0.717) is 0 Å². The van der Waals surface area contributed by atoms with E-state index in [1.54, 1.807) is 18.7 Å². The summed E-state index contributed by atoms with van der Waals surface area (Å²) in [7, 11) is 0. The van der Waals surface area contributed by atoms with Crippen molar-refractivity contribution in [3.63, 3.8) is 0 Å². The number of hydrogen-bond donors (Lipinski definition) is 3. The fraction of sp³-hybridized carbons (Fsp3) is 0.467. The molecule has 0 radical (unpaired) electrons. The predicted molar refractivity (Wildman–Crippen MR) is 87.6 cm³/mol. The fourth-order valence-electron chi connectivity index (χ4n) is 1.74. The van der Waals surface area contributed by atoms with E-state index in [9.17, 15) is 9.59 Å². The average Bonchev–Trinajstić information content (AvgIpc) is 2.29. The Hall–Kier alpha value is -1.69. The van der Waals surface area contributed by atoms with Gasteiger partial charge in [0.05, 0.1) is 0 Å². The standard InChI is InChI=1S/C15H23N3O2S/c1-9-8-11(21-15(3,4)5)6-7-12(9)17-10(2)13(19)18-14(16)20/h6-8,10,17H,1-5H3,(H3,16,18,19,20)/t10-/m0/s1. The van der Waals surface area contributed by atoms with Gasteiger partial charge >= 0.3 is 6.03 Å². The minimum atomic E-state index is -0.845. The van der Waals surface area contributed by atoms with Crippen LogP contribution in [0.2, 0.25) is 0 Å². The molecule has 0 fully saturated rings. The maximum atomic E-state index is 11.6. The molecule has 6 heteroatoms. The fourth-order valence-corrected chi connectivity index (χ4v) is 2.82. The lowest BCUT2D eigenvalue weighted by atomic mass is 10.2. The van der Waals surface area contributed by atoms with Crippen LogP contribution in [0, 0.1) is 6.92 Å². The number of benzene rings is 1. The average molecular weight is 309 g/mol. The number of imide groups is 1. The molecule has 1 rings (SSSR count). The smallest absolute Gasteiger partial charge is 0.318 e. The van der Waals surface area contributed by atoms with Gasteiger partial charge < -0.3 is 11.1 Å². The highest BCUT2D eigenvalue weighted by molar-refractivity contribution is 8.00. The second kappa shape index (κ2) is 6.85. The maximum Gasteiger partial charge on any atom is 0.318 e. The summed E-state index contributed by atoms with van der Waals surface area (Å²) in [4.78, 5) is 23.5. The molecule has 1 atom stereocenters. The van der Waals surface area contributed by atoms with E-state index >= 15 is 0 Å². The molecule has 0 aliphatic heterocycles. The molecule has 0 spiro atoms. The van der Waals surface area contributed by atoms with Crippen LogP contribution < -0.4 is 16.4 Å². The topological polar surface area (TPSA) is 84.2 Å². The minimum absolute atomic E-state index is 0.149. The molecule has 21 heavy (non-hydrogen) atoms. The van der Waals surface area contributed by atoms with Gasteiger partial charge in [0.25, 0.3) is 0 Å². The zero-order valence-electron chi connectivity index (χ0n) is 13.1. The normalized spacial score (nSPS) is 12.6. The lowest BCUT2D eigenvalue weighted by Crippen LogP contribution is -2.43. The highest BCUT2D eigenvalue weighted by Crippen LogP contribution is 2.33. The van der Waals surface area contributed by atoms with Crippen molar-refractivity contribution in [3.05, 3.63) is 23.8 Å². The third-order valence-corrected chi connectivity index (χ3v) is 3.74. The molecule has 0 aliphatic rings. The van der Waals surface area contributed by atoms with Crippen LogP contribution in [-0.4, -0.2) is 22.7 Å². The van der Waals surface area contributed by atoms with E-state index in [1.807, 2.05) is 19.1 Å². The minimum Gasteiger partial charge on any atom is -0.374 e. The monoisotopic (exact) mass is 309 g/mol. The number of rotatable bonds is 4. The van der Waals surface area contributed by atoms with Crippen LogP contribution in [0.3, 0.4) is 0 Å². The van der Waals surface area contributed by atoms with Crippen molar-refractivity contribution in [3.8, 4) is 0 Å². The van der Waals surface area contributed by atoms with E-state index in [4.69, 9.17) is 5.73 Å². The van der Waals surface area contributed by atoms with E-state index in [1.165, 1.54) is 4.90 Å². The highest BCUT2D eigenvalue weighted by atomic mass is 32.2. The van der Waals surface area contributed by atoms with Gasteiger partial charge in [-0.1, -0.05) is 20.8 Å². The van der Waals surface area contributed by atoms with Crippen molar-refractivity contribution in [2.45, 2.75) is 50.3 Å². The van der Waals surface area contributed by atoms with Crippen LogP contribution in [0.1, 0.15) is 33.3 Å². The van der Waals surface area contributed by atoms with Crippen molar-refractivity contribution in [1.82, 2.24) is 5.32 Å². The van der Waals surface area contributed by atoms with Crippen LogP contribution in [0.25, 0.3) is 0 Å². The van der Waals surface area contributed by atoms with Crippen LogP contribution in [-0.2, 0) is 4.79 Å². The molecule has 0 unspecified atom stereocenters.